The van der Waals surface area contributed by atoms with Crippen LogP contribution >= 0.6 is 0 Å². The number of hydrogen-bond donors (Lipinski definition) is 1. The quantitative estimate of drug-likeness (QED) is 0.645. The molecule has 0 aromatic heterocycles. The minimum atomic E-state index is -3.84. The van der Waals surface area contributed by atoms with Crippen LogP contribution < -0.4 is 0 Å². The van der Waals surface area contributed by atoms with Crippen molar-refractivity contribution in [2.24, 2.45) is 0 Å². The molecule has 1 N–H and O–H groups in total. The van der Waals surface area contributed by atoms with Crippen molar-refractivity contribution in [2.45, 2.75) is 12.5 Å². The van der Waals surface area contributed by atoms with Gasteiger partial charge in [-0.05, 0) is 0 Å². The van der Waals surface area contributed by atoms with Gasteiger partial charge in [0.25, 0.3) is 10.2 Å². The summed E-state index contributed by atoms with van der Waals surface area (Å²) in [6, 6.07) is -1.27. The molecular formula is C7H12N2O5S. The Morgan fingerprint density at radius 3 is 2.47 bits per heavy atom. The number of carbonyl (C=O) groups is 2. The number of carbonyl (C=O) groups excluding carboxylic acids is 1. The molecule has 15 heavy (non-hydrogen) atoms. The zero-order chi connectivity index (χ0) is 11.8. The average molecular weight is 236 g/mol. The second-order valence-corrected chi connectivity index (χ2v) is 5.53. The molecule has 0 amide bonds. The van der Waals surface area contributed by atoms with Gasteiger partial charge in [0.05, 0.1) is 6.54 Å². The Bertz CT molecular complexity index is 388. The SMILES string of the molecule is CN(C)S(=O)(=O)N1CC(=O)CC1C(=O)O. The molecule has 7 nitrogen and oxygen atoms in total. The molecule has 1 fully saturated rings. The Morgan fingerprint density at radius 1 is 1.53 bits per heavy atom. The molecule has 0 radical (unpaired) electrons. The van der Waals surface area contributed by atoms with Crippen LogP contribution in [0.1, 0.15) is 6.42 Å². The highest BCUT2D eigenvalue weighted by Crippen LogP contribution is 2.20. The number of rotatable bonds is 3. The maximum atomic E-state index is 11.6. The van der Waals surface area contributed by atoms with Crippen LogP contribution in [0, 0.1) is 0 Å². The summed E-state index contributed by atoms with van der Waals surface area (Å²) in [7, 11) is -1.26. The number of aliphatic carboxylic acids is 1. The first kappa shape index (κ1) is 12.1. The Labute approximate surface area is 87.5 Å². The lowest BCUT2D eigenvalue weighted by Gasteiger charge is -2.23. The van der Waals surface area contributed by atoms with E-state index in [1.807, 2.05) is 0 Å². The van der Waals surface area contributed by atoms with Crippen molar-refractivity contribution in [1.29, 1.82) is 0 Å². The van der Waals surface area contributed by atoms with Crippen LogP contribution in [0.2, 0.25) is 0 Å². The van der Waals surface area contributed by atoms with Gasteiger partial charge >= 0.3 is 5.97 Å². The van der Waals surface area contributed by atoms with Crippen LogP contribution in [0.3, 0.4) is 0 Å². The summed E-state index contributed by atoms with van der Waals surface area (Å²) in [6.45, 7) is -0.364. The van der Waals surface area contributed by atoms with Gasteiger partial charge in [-0.1, -0.05) is 0 Å². The molecule has 1 unspecified atom stereocenters. The third-order valence-corrected chi connectivity index (χ3v) is 4.04. The standard InChI is InChI=1S/C7H12N2O5S/c1-8(2)15(13,14)9-4-5(10)3-6(9)7(11)12/h6H,3-4H2,1-2H3,(H,11,12). The number of carboxylic acid groups (broad SMARTS) is 1. The van der Waals surface area contributed by atoms with E-state index in [1.165, 1.54) is 14.1 Å². The minimum absolute atomic E-state index is 0.262. The van der Waals surface area contributed by atoms with Crippen molar-refractivity contribution in [3.63, 3.8) is 0 Å². The predicted octanol–water partition coefficient (Wildman–Crippen LogP) is -1.48. The van der Waals surface area contributed by atoms with Crippen molar-refractivity contribution >= 4 is 22.0 Å². The second-order valence-electron chi connectivity index (χ2n) is 3.43. The summed E-state index contributed by atoms with van der Waals surface area (Å²) in [5, 5.41) is 8.77. The van der Waals surface area contributed by atoms with Gasteiger partial charge in [-0.3, -0.25) is 9.59 Å². The van der Waals surface area contributed by atoms with Crippen molar-refractivity contribution in [1.82, 2.24) is 8.61 Å². The summed E-state index contributed by atoms with van der Waals surface area (Å²) in [5.41, 5.74) is 0. The van der Waals surface area contributed by atoms with Crippen LogP contribution in [0.15, 0.2) is 0 Å². The lowest BCUT2D eigenvalue weighted by Crippen LogP contribution is -2.46. The first-order valence-corrected chi connectivity index (χ1v) is 5.60. The minimum Gasteiger partial charge on any atom is -0.480 e. The van der Waals surface area contributed by atoms with E-state index in [0.29, 0.717) is 4.31 Å². The monoisotopic (exact) mass is 236 g/mol. The molecule has 1 rings (SSSR count). The molecule has 0 saturated carbocycles. The molecule has 0 spiro atoms. The van der Waals surface area contributed by atoms with E-state index in [4.69, 9.17) is 5.11 Å². The van der Waals surface area contributed by atoms with E-state index in [-0.39, 0.29) is 18.7 Å². The summed E-state index contributed by atoms with van der Waals surface area (Å²) < 4.78 is 24.9. The molecular weight excluding hydrogens is 224 g/mol. The fourth-order valence-electron chi connectivity index (χ4n) is 1.33. The van der Waals surface area contributed by atoms with Crippen LogP contribution in [-0.2, 0) is 19.8 Å². The largest absolute Gasteiger partial charge is 0.480 e. The summed E-state index contributed by atoms with van der Waals surface area (Å²) in [4.78, 5) is 21.8. The molecule has 1 aliphatic rings. The molecule has 0 aromatic rings. The van der Waals surface area contributed by atoms with Gasteiger partial charge in [-0.2, -0.15) is 17.0 Å². The third kappa shape index (κ3) is 2.16. The number of Topliss-reactive ketones (excluding diaryl/α,β-unsaturated/α-hetero) is 1. The highest BCUT2D eigenvalue weighted by molar-refractivity contribution is 7.86. The number of ketones is 1. The molecule has 1 saturated heterocycles. The maximum Gasteiger partial charge on any atom is 0.322 e. The Kier molecular flexibility index (Phi) is 3.12. The number of nitrogens with zero attached hydrogens (tertiary/aromatic N) is 2. The van der Waals surface area contributed by atoms with E-state index in [1.54, 1.807) is 0 Å². The smallest absolute Gasteiger partial charge is 0.322 e. The van der Waals surface area contributed by atoms with E-state index in [0.717, 1.165) is 4.31 Å². The van der Waals surface area contributed by atoms with Crippen LogP contribution in [-0.4, -0.2) is 60.6 Å². The fourth-order valence-corrected chi connectivity index (χ4v) is 2.54. The van der Waals surface area contributed by atoms with Gasteiger partial charge in [0.1, 0.15) is 11.8 Å². The van der Waals surface area contributed by atoms with Gasteiger partial charge < -0.3 is 5.11 Å². The number of hydrogen-bond acceptors (Lipinski definition) is 4. The van der Waals surface area contributed by atoms with Crippen molar-refractivity contribution in [3.8, 4) is 0 Å². The Hall–Kier alpha value is -0.990. The maximum absolute atomic E-state index is 11.6. The topological polar surface area (TPSA) is 95.0 Å². The van der Waals surface area contributed by atoms with Gasteiger partial charge in [-0.25, -0.2) is 0 Å². The van der Waals surface area contributed by atoms with Crippen molar-refractivity contribution in [2.75, 3.05) is 20.6 Å². The number of carboxylic acids is 1. The summed E-state index contributed by atoms with van der Waals surface area (Å²) in [6.07, 6.45) is -0.262. The molecule has 86 valence electrons. The first-order valence-electron chi connectivity index (χ1n) is 4.20. The molecule has 8 heteroatoms. The van der Waals surface area contributed by atoms with Gasteiger partial charge in [0, 0.05) is 20.5 Å². The molecule has 0 aliphatic carbocycles. The van der Waals surface area contributed by atoms with Crippen LogP contribution in [0.4, 0.5) is 0 Å². The lowest BCUT2D eigenvalue weighted by molar-refractivity contribution is -0.141. The van der Waals surface area contributed by atoms with Crippen LogP contribution in [0.5, 0.6) is 0 Å². The second kappa shape index (κ2) is 3.87. The van der Waals surface area contributed by atoms with Gasteiger partial charge in [0.2, 0.25) is 0 Å². The zero-order valence-corrected chi connectivity index (χ0v) is 9.19. The van der Waals surface area contributed by atoms with Gasteiger partial charge in [0.15, 0.2) is 0 Å². The molecule has 1 atom stereocenters. The third-order valence-electron chi connectivity index (χ3n) is 2.14. The summed E-state index contributed by atoms with van der Waals surface area (Å²) in [5.74, 6) is -1.68. The Balaban J connectivity index is 3.04. The van der Waals surface area contributed by atoms with Crippen LogP contribution in [0.25, 0.3) is 0 Å². The predicted molar refractivity (Wildman–Crippen MR) is 50.4 cm³/mol. The highest BCUT2D eigenvalue weighted by Gasteiger charge is 2.43. The summed E-state index contributed by atoms with van der Waals surface area (Å²) >= 11 is 0. The molecule has 1 aliphatic heterocycles. The van der Waals surface area contributed by atoms with E-state index in [2.05, 4.69) is 0 Å². The molecule has 0 bridgehead atoms. The van der Waals surface area contributed by atoms with Gasteiger partial charge in [-0.15, -0.1) is 0 Å². The average Bonchev–Trinajstić information content (AvgIpc) is 2.47. The fraction of sp³-hybridized carbons (Fsp3) is 0.714. The van der Waals surface area contributed by atoms with Crippen molar-refractivity contribution in [3.05, 3.63) is 0 Å². The first-order chi connectivity index (χ1) is 6.76. The lowest BCUT2D eigenvalue weighted by atomic mass is 10.2. The van der Waals surface area contributed by atoms with E-state index in [9.17, 15) is 18.0 Å². The molecule has 1 heterocycles. The molecule has 0 aromatic carbocycles. The zero-order valence-electron chi connectivity index (χ0n) is 8.37. The normalized spacial score (nSPS) is 23.7. The Morgan fingerprint density at radius 2 is 2.07 bits per heavy atom. The van der Waals surface area contributed by atoms with E-state index < -0.39 is 22.2 Å². The highest BCUT2D eigenvalue weighted by atomic mass is 32.2. The van der Waals surface area contributed by atoms with Crippen molar-refractivity contribution < 1.29 is 23.1 Å². The van der Waals surface area contributed by atoms with E-state index >= 15 is 0 Å².